The molecule has 2 rings (SSSR count). The Labute approximate surface area is 117 Å². The fourth-order valence-corrected chi connectivity index (χ4v) is 2.96. The van der Waals surface area contributed by atoms with Gasteiger partial charge in [0.05, 0.1) is 11.7 Å². The Hall–Kier alpha value is -0.870. The molecular weight excluding hydrogens is 236 g/mol. The lowest BCUT2D eigenvalue weighted by atomic mass is 9.93. The molecule has 0 aromatic carbocycles. The zero-order valence-corrected chi connectivity index (χ0v) is 12.6. The van der Waals surface area contributed by atoms with Crippen molar-refractivity contribution < 1.29 is 0 Å². The van der Waals surface area contributed by atoms with E-state index in [-0.39, 0.29) is 5.41 Å². The summed E-state index contributed by atoms with van der Waals surface area (Å²) in [5.41, 5.74) is 7.13. The van der Waals surface area contributed by atoms with Gasteiger partial charge in [0.15, 0.2) is 0 Å². The Morgan fingerprint density at radius 3 is 2.74 bits per heavy atom. The maximum atomic E-state index is 5.79. The van der Waals surface area contributed by atoms with Gasteiger partial charge in [0, 0.05) is 19.3 Å². The molecule has 4 nitrogen and oxygen atoms in total. The first kappa shape index (κ1) is 14.5. The first-order valence-corrected chi connectivity index (χ1v) is 7.43. The largest absolute Gasteiger partial charge is 0.330 e. The van der Waals surface area contributed by atoms with Crippen LogP contribution in [0.15, 0.2) is 12.3 Å². The van der Waals surface area contributed by atoms with Gasteiger partial charge < -0.3 is 5.73 Å². The van der Waals surface area contributed by atoms with Gasteiger partial charge in [0.25, 0.3) is 0 Å². The van der Waals surface area contributed by atoms with Crippen LogP contribution in [0.2, 0.25) is 0 Å². The Kier molecular flexibility index (Phi) is 4.63. The molecule has 1 heterocycles. The van der Waals surface area contributed by atoms with Crippen LogP contribution >= 0.6 is 0 Å². The molecule has 0 amide bonds. The van der Waals surface area contributed by atoms with Crippen molar-refractivity contribution in [2.75, 3.05) is 20.1 Å². The number of hydrogen-bond donors (Lipinski definition) is 1. The molecule has 1 aliphatic carbocycles. The fourth-order valence-electron chi connectivity index (χ4n) is 2.96. The van der Waals surface area contributed by atoms with E-state index < -0.39 is 0 Å². The normalized spacial score (nSPS) is 17.5. The maximum absolute atomic E-state index is 5.79. The number of nitrogens with two attached hydrogens (primary N) is 1. The fraction of sp³-hybridized carbons (Fsp3) is 0.800. The van der Waals surface area contributed by atoms with Crippen LogP contribution in [-0.2, 0) is 6.54 Å². The van der Waals surface area contributed by atoms with E-state index in [1.807, 2.05) is 0 Å². The highest BCUT2D eigenvalue weighted by atomic mass is 15.3. The van der Waals surface area contributed by atoms with Crippen molar-refractivity contribution in [3.05, 3.63) is 18.0 Å². The minimum Gasteiger partial charge on any atom is -0.330 e. The standard InChI is InChI=1S/C15H28N4/c1-15(2,11-16)12-18(3)10-13-8-9-19(17-13)14-6-4-5-7-14/h8-9,14H,4-7,10-12,16H2,1-3H3. The lowest BCUT2D eigenvalue weighted by Gasteiger charge is -2.28. The molecule has 0 saturated heterocycles. The molecule has 1 aliphatic rings. The van der Waals surface area contributed by atoms with Crippen molar-refractivity contribution in [1.82, 2.24) is 14.7 Å². The van der Waals surface area contributed by atoms with Crippen LogP contribution < -0.4 is 5.73 Å². The molecule has 1 fully saturated rings. The average Bonchev–Trinajstić information content (AvgIpc) is 2.97. The maximum Gasteiger partial charge on any atom is 0.0764 e. The molecule has 0 unspecified atom stereocenters. The third-order valence-electron chi connectivity index (χ3n) is 4.04. The highest BCUT2D eigenvalue weighted by Crippen LogP contribution is 2.28. The number of aromatic nitrogens is 2. The smallest absolute Gasteiger partial charge is 0.0764 e. The van der Waals surface area contributed by atoms with Crippen LogP contribution in [0.25, 0.3) is 0 Å². The van der Waals surface area contributed by atoms with E-state index in [0.717, 1.165) is 13.1 Å². The van der Waals surface area contributed by atoms with E-state index in [4.69, 9.17) is 10.8 Å². The van der Waals surface area contributed by atoms with E-state index >= 15 is 0 Å². The lowest BCUT2D eigenvalue weighted by Crippen LogP contribution is -2.36. The van der Waals surface area contributed by atoms with Crippen LogP contribution in [0.1, 0.15) is 51.3 Å². The van der Waals surface area contributed by atoms with Gasteiger partial charge in [0.1, 0.15) is 0 Å². The first-order valence-electron chi connectivity index (χ1n) is 7.43. The van der Waals surface area contributed by atoms with Gasteiger partial charge in [-0.15, -0.1) is 0 Å². The predicted molar refractivity (Wildman–Crippen MR) is 78.9 cm³/mol. The van der Waals surface area contributed by atoms with E-state index in [1.165, 1.54) is 31.4 Å². The van der Waals surface area contributed by atoms with E-state index in [2.05, 4.69) is 42.7 Å². The van der Waals surface area contributed by atoms with Gasteiger partial charge in [-0.05, 0) is 37.9 Å². The molecule has 4 heteroatoms. The van der Waals surface area contributed by atoms with Gasteiger partial charge in [0.2, 0.25) is 0 Å². The van der Waals surface area contributed by atoms with Gasteiger partial charge in [-0.2, -0.15) is 5.10 Å². The van der Waals surface area contributed by atoms with E-state index in [0.29, 0.717) is 12.6 Å². The monoisotopic (exact) mass is 264 g/mol. The molecule has 19 heavy (non-hydrogen) atoms. The van der Waals surface area contributed by atoms with E-state index in [1.54, 1.807) is 0 Å². The molecule has 0 aliphatic heterocycles. The van der Waals surface area contributed by atoms with Crippen molar-refractivity contribution in [2.24, 2.45) is 11.1 Å². The number of nitrogens with zero attached hydrogens (tertiary/aromatic N) is 3. The minimum absolute atomic E-state index is 0.169. The quantitative estimate of drug-likeness (QED) is 0.858. The molecule has 1 aromatic heterocycles. The van der Waals surface area contributed by atoms with Crippen LogP contribution in [0.5, 0.6) is 0 Å². The van der Waals surface area contributed by atoms with Crippen molar-refractivity contribution in [1.29, 1.82) is 0 Å². The van der Waals surface area contributed by atoms with Crippen molar-refractivity contribution in [2.45, 2.75) is 52.1 Å². The minimum atomic E-state index is 0.169. The van der Waals surface area contributed by atoms with Gasteiger partial charge in [-0.1, -0.05) is 26.7 Å². The molecule has 0 radical (unpaired) electrons. The third-order valence-corrected chi connectivity index (χ3v) is 4.04. The summed E-state index contributed by atoms with van der Waals surface area (Å²) in [7, 11) is 2.14. The molecule has 0 bridgehead atoms. The predicted octanol–water partition coefficient (Wildman–Crippen LogP) is 2.41. The molecule has 1 saturated carbocycles. The zero-order valence-electron chi connectivity index (χ0n) is 12.6. The van der Waals surface area contributed by atoms with E-state index in [9.17, 15) is 0 Å². The molecule has 0 atom stereocenters. The summed E-state index contributed by atoms with van der Waals surface area (Å²) >= 11 is 0. The Morgan fingerprint density at radius 2 is 2.11 bits per heavy atom. The van der Waals surface area contributed by atoms with Crippen molar-refractivity contribution in [3.63, 3.8) is 0 Å². The van der Waals surface area contributed by atoms with Crippen molar-refractivity contribution >= 4 is 0 Å². The summed E-state index contributed by atoms with van der Waals surface area (Å²) in [6, 6.07) is 2.80. The number of hydrogen-bond acceptors (Lipinski definition) is 3. The summed E-state index contributed by atoms with van der Waals surface area (Å²) in [6.07, 6.45) is 7.43. The topological polar surface area (TPSA) is 47.1 Å². The van der Waals surface area contributed by atoms with Crippen LogP contribution in [0.4, 0.5) is 0 Å². The molecule has 108 valence electrons. The molecule has 2 N–H and O–H groups in total. The number of rotatable bonds is 6. The summed E-state index contributed by atoms with van der Waals surface area (Å²) < 4.78 is 2.17. The molecule has 0 spiro atoms. The van der Waals surface area contributed by atoms with Gasteiger partial charge >= 0.3 is 0 Å². The zero-order chi connectivity index (χ0) is 13.9. The van der Waals surface area contributed by atoms with Crippen LogP contribution in [0, 0.1) is 5.41 Å². The second-order valence-corrected chi connectivity index (χ2v) is 6.77. The highest BCUT2D eigenvalue weighted by Gasteiger charge is 2.20. The van der Waals surface area contributed by atoms with Gasteiger partial charge in [-0.25, -0.2) is 0 Å². The second-order valence-electron chi connectivity index (χ2n) is 6.77. The van der Waals surface area contributed by atoms with Crippen LogP contribution in [0.3, 0.4) is 0 Å². The summed E-state index contributed by atoms with van der Waals surface area (Å²) in [4.78, 5) is 2.31. The Balaban J connectivity index is 1.88. The highest BCUT2D eigenvalue weighted by molar-refractivity contribution is 5.00. The first-order chi connectivity index (χ1) is 9.00. The summed E-state index contributed by atoms with van der Waals surface area (Å²) in [6.45, 7) is 7.04. The lowest BCUT2D eigenvalue weighted by molar-refractivity contribution is 0.207. The Morgan fingerprint density at radius 1 is 1.42 bits per heavy atom. The Bertz CT molecular complexity index is 391. The third kappa shape index (κ3) is 4.05. The SMILES string of the molecule is CN(Cc1ccn(C2CCCC2)n1)CC(C)(C)CN. The summed E-state index contributed by atoms with van der Waals surface area (Å²) in [5, 5.41) is 4.73. The van der Waals surface area contributed by atoms with Crippen LogP contribution in [-0.4, -0.2) is 34.8 Å². The van der Waals surface area contributed by atoms with Crippen molar-refractivity contribution in [3.8, 4) is 0 Å². The second kappa shape index (κ2) is 6.06. The summed E-state index contributed by atoms with van der Waals surface area (Å²) in [5.74, 6) is 0. The molecular formula is C15H28N4. The average molecular weight is 264 g/mol. The molecule has 1 aromatic rings. The van der Waals surface area contributed by atoms with Gasteiger partial charge in [-0.3, -0.25) is 9.58 Å².